The van der Waals surface area contributed by atoms with Gasteiger partial charge in [0.05, 0.1) is 32.4 Å². The summed E-state index contributed by atoms with van der Waals surface area (Å²) >= 11 is 1.57. The summed E-state index contributed by atoms with van der Waals surface area (Å²) in [6.07, 6.45) is 9.25. The van der Waals surface area contributed by atoms with E-state index in [1.165, 1.54) is 4.88 Å². The molecule has 3 heterocycles. The summed E-state index contributed by atoms with van der Waals surface area (Å²) in [7, 11) is 3.32. The highest BCUT2D eigenvalue weighted by molar-refractivity contribution is 7.17. The first-order valence-electron chi connectivity index (χ1n) is 15.7. The minimum absolute atomic E-state index is 0.0286. The van der Waals surface area contributed by atoms with E-state index in [0.717, 1.165) is 73.5 Å². The van der Waals surface area contributed by atoms with Crippen LogP contribution in [0.25, 0.3) is 0 Å². The first kappa shape index (κ1) is 29.1. The minimum atomic E-state index is -0.0820. The van der Waals surface area contributed by atoms with E-state index >= 15 is 0 Å². The maximum absolute atomic E-state index is 13.6. The average molecular weight is 621 g/mol. The zero-order valence-electron chi connectivity index (χ0n) is 25.3. The number of nitrogens with one attached hydrogen (secondary N) is 2. The van der Waals surface area contributed by atoms with Gasteiger partial charge in [-0.25, -0.2) is 0 Å². The Morgan fingerprint density at radius 3 is 2.73 bits per heavy atom. The Morgan fingerprint density at radius 2 is 2.00 bits per heavy atom. The largest absolute Gasteiger partial charge is 0.497 e. The quantitative estimate of drug-likeness (QED) is 0.307. The summed E-state index contributed by atoms with van der Waals surface area (Å²) in [5, 5.41) is 16.0. The Bertz CT molecular complexity index is 1520. The van der Waals surface area contributed by atoms with Crippen LogP contribution in [0.5, 0.6) is 11.5 Å². The summed E-state index contributed by atoms with van der Waals surface area (Å²) < 4.78 is 19.1. The van der Waals surface area contributed by atoms with E-state index in [4.69, 9.17) is 14.2 Å². The fourth-order valence-electron chi connectivity index (χ4n) is 6.33. The topological polar surface area (TPSA) is 120 Å². The van der Waals surface area contributed by atoms with Gasteiger partial charge in [-0.2, -0.15) is 0 Å². The number of hydrogen-bond donors (Lipinski definition) is 2. The molecule has 1 aliphatic heterocycles. The lowest BCUT2D eigenvalue weighted by Crippen LogP contribution is -2.38. The van der Waals surface area contributed by atoms with Crippen LogP contribution < -0.4 is 25.0 Å². The number of hydrogen-bond acceptors (Lipinski definition) is 9. The highest BCUT2D eigenvalue weighted by Crippen LogP contribution is 2.43. The van der Waals surface area contributed by atoms with Crippen LogP contribution in [-0.4, -0.2) is 66.6 Å². The van der Waals surface area contributed by atoms with Crippen molar-refractivity contribution in [3.8, 4) is 11.5 Å². The number of benzene rings is 1. The Hall–Kier alpha value is -3.64. The number of anilines is 2. The standard InChI is InChI=1S/C32H40N6O5S/c1-41-24-9-7-21(26(14-24)42-2)16-37(23-11-12-43-17-23)32-36-34-18-38(32)22-8-10-27-25(13-22)28(30(40)33-15-19-3-4-19)31(44-27)35-29(39)20-5-6-20/h7,9,14,18-20,22-23H,3-6,8,10-13,15-17H2,1-2H3,(H,33,40)(H,35,39)/t22-,23?/m1/s1. The van der Waals surface area contributed by atoms with E-state index in [1.54, 1.807) is 25.6 Å². The Labute approximate surface area is 261 Å². The molecule has 2 atom stereocenters. The zero-order chi connectivity index (χ0) is 30.2. The van der Waals surface area contributed by atoms with Crippen molar-refractivity contribution in [2.45, 2.75) is 70.0 Å². The third-order valence-corrected chi connectivity index (χ3v) is 10.5. The molecule has 44 heavy (non-hydrogen) atoms. The van der Waals surface area contributed by atoms with Crippen LogP contribution in [0.1, 0.15) is 70.9 Å². The molecule has 1 aromatic carbocycles. The van der Waals surface area contributed by atoms with Crippen LogP contribution in [0.2, 0.25) is 0 Å². The third-order valence-electron chi connectivity index (χ3n) is 9.28. The van der Waals surface area contributed by atoms with E-state index < -0.39 is 0 Å². The number of fused-ring (bicyclic) bond motifs is 1. The molecule has 1 unspecified atom stereocenters. The number of aromatic nitrogens is 3. The molecule has 2 aromatic heterocycles. The summed E-state index contributed by atoms with van der Waals surface area (Å²) in [6.45, 7) is 2.57. The van der Waals surface area contributed by atoms with Gasteiger partial charge >= 0.3 is 0 Å². The molecule has 2 saturated carbocycles. The molecule has 3 aliphatic carbocycles. The van der Waals surface area contributed by atoms with E-state index in [1.807, 2.05) is 24.5 Å². The second kappa shape index (κ2) is 12.4. The van der Waals surface area contributed by atoms with Gasteiger partial charge in [-0.3, -0.25) is 14.2 Å². The van der Waals surface area contributed by atoms with Crippen LogP contribution in [0.15, 0.2) is 24.5 Å². The van der Waals surface area contributed by atoms with Crippen LogP contribution in [-0.2, 0) is 28.9 Å². The normalized spacial score (nSPS) is 21.0. The summed E-state index contributed by atoms with van der Waals surface area (Å²) in [4.78, 5) is 29.9. The van der Waals surface area contributed by atoms with Crippen molar-refractivity contribution in [1.29, 1.82) is 0 Å². The van der Waals surface area contributed by atoms with Crippen LogP contribution in [0.3, 0.4) is 0 Å². The molecule has 2 amide bonds. The van der Waals surface area contributed by atoms with Gasteiger partial charge in [0.15, 0.2) is 0 Å². The van der Waals surface area contributed by atoms with E-state index in [-0.39, 0.29) is 29.8 Å². The number of methoxy groups -OCH3 is 2. The lowest BCUT2D eigenvalue weighted by molar-refractivity contribution is -0.117. The highest BCUT2D eigenvalue weighted by Gasteiger charge is 2.36. The monoisotopic (exact) mass is 620 g/mol. The molecule has 0 spiro atoms. The van der Waals surface area contributed by atoms with Gasteiger partial charge in [-0.05, 0) is 75.0 Å². The Morgan fingerprint density at radius 1 is 1.14 bits per heavy atom. The van der Waals surface area contributed by atoms with E-state index in [9.17, 15) is 9.59 Å². The van der Waals surface area contributed by atoms with Gasteiger partial charge in [-0.15, -0.1) is 21.5 Å². The Balaban J connectivity index is 1.18. The first-order valence-corrected chi connectivity index (χ1v) is 16.5. The molecule has 3 aromatic rings. The fraction of sp³-hybridized carbons (Fsp3) is 0.562. The average Bonchev–Trinajstić information content (AvgIpc) is 3.92. The molecule has 4 aliphatic rings. The van der Waals surface area contributed by atoms with Gasteiger partial charge in [0.1, 0.15) is 22.8 Å². The molecular formula is C32H40N6O5S. The number of carbonyl (C=O) groups is 2. The molecule has 3 fully saturated rings. The number of thiophene rings is 1. The van der Waals surface area contributed by atoms with Crippen LogP contribution in [0.4, 0.5) is 10.9 Å². The molecule has 7 rings (SSSR count). The predicted octanol–water partition coefficient (Wildman–Crippen LogP) is 4.37. The lowest BCUT2D eigenvalue weighted by atomic mass is 9.91. The van der Waals surface area contributed by atoms with Gasteiger partial charge in [0.2, 0.25) is 11.9 Å². The highest BCUT2D eigenvalue weighted by atomic mass is 32.1. The number of carbonyl (C=O) groups excluding carboxylic acids is 2. The van der Waals surface area contributed by atoms with E-state index in [0.29, 0.717) is 49.2 Å². The van der Waals surface area contributed by atoms with Crippen molar-refractivity contribution in [2.24, 2.45) is 11.8 Å². The molecule has 0 bridgehead atoms. The van der Waals surface area contributed by atoms with Crippen LogP contribution >= 0.6 is 11.3 Å². The van der Waals surface area contributed by atoms with Gasteiger partial charge in [-0.1, -0.05) is 0 Å². The smallest absolute Gasteiger partial charge is 0.254 e. The Kier molecular flexibility index (Phi) is 8.19. The molecular weight excluding hydrogens is 580 g/mol. The van der Waals surface area contributed by atoms with Gasteiger partial charge < -0.3 is 29.7 Å². The fourth-order valence-corrected chi connectivity index (χ4v) is 7.58. The third kappa shape index (κ3) is 6.01. The maximum atomic E-state index is 13.6. The number of aryl methyl sites for hydroxylation is 1. The second-order valence-electron chi connectivity index (χ2n) is 12.4. The molecule has 234 valence electrons. The summed E-state index contributed by atoms with van der Waals surface area (Å²) in [6, 6.07) is 6.08. The first-order chi connectivity index (χ1) is 21.5. The molecule has 1 saturated heterocycles. The lowest BCUT2D eigenvalue weighted by Gasteiger charge is -2.32. The SMILES string of the molecule is COc1ccc(CN(c2nncn2[C@@H]2CCc3sc(NC(=O)C4CC4)c(C(=O)NCC4CC4)c3C2)C2CCOC2)c(OC)c1. The van der Waals surface area contributed by atoms with Crippen molar-refractivity contribution < 1.29 is 23.8 Å². The van der Waals surface area contributed by atoms with Crippen molar-refractivity contribution in [1.82, 2.24) is 20.1 Å². The molecule has 12 heteroatoms. The van der Waals surface area contributed by atoms with E-state index in [2.05, 4.69) is 30.3 Å². The van der Waals surface area contributed by atoms with Gasteiger partial charge in [0.25, 0.3) is 5.91 Å². The van der Waals surface area contributed by atoms with Crippen molar-refractivity contribution in [3.05, 3.63) is 46.1 Å². The molecule has 0 radical (unpaired) electrons. The predicted molar refractivity (Wildman–Crippen MR) is 167 cm³/mol. The van der Waals surface area contributed by atoms with Crippen molar-refractivity contribution in [2.75, 3.05) is 44.2 Å². The maximum Gasteiger partial charge on any atom is 0.254 e. The number of nitrogens with zero attached hydrogens (tertiary/aromatic N) is 4. The number of ether oxygens (including phenoxy) is 3. The second-order valence-corrected chi connectivity index (χ2v) is 13.5. The van der Waals surface area contributed by atoms with Gasteiger partial charge in [0, 0.05) is 48.2 Å². The summed E-state index contributed by atoms with van der Waals surface area (Å²) in [5.74, 6) is 2.86. The number of amides is 2. The zero-order valence-corrected chi connectivity index (χ0v) is 26.2. The number of rotatable bonds is 12. The van der Waals surface area contributed by atoms with Crippen LogP contribution in [0, 0.1) is 11.8 Å². The molecule has 11 nitrogen and oxygen atoms in total. The summed E-state index contributed by atoms with van der Waals surface area (Å²) in [5.41, 5.74) is 2.70. The molecule has 2 N–H and O–H groups in total. The van der Waals surface area contributed by atoms with Crippen molar-refractivity contribution in [3.63, 3.8) is 0 Å². The van der Waals surface area contributed by atoms with Crippen molar-refractivity contribution >= 4 is 34.1 Å². The minimum Gasteiger partial charge on any atom is -0.497 e.